The zero-order valence-corrected chi connectivity index (χ0v) is 17.5. The molecule has 0 atom stereocenters. The Morgan fingerprint density at radius 3 is 2.37 bits per heavy atom. The van der Waals surface area contributed by atoms with E-state index in [2.05, 4.69) is 11.4 Å². The van der Waals surface area contributed by atoms with Gasteiger partial charge in [-0.2, -0.15) is 5.26 Å². The predicted octanol–water partition coefficient (Wildman–Crippen LogP) is 6.12. The Morgan fingerprint density at radius 2 is 1.73 bits per heavy atom. The molecule has 30 heavy (non-hydrogen) atoms. The molecule has 2 aromatic carbocycles. The summed E-state index contributed by atoms with van der Waals surface area (Å²) in [5, 5.41) is 14.7. The van der Waals surface area contributed by atoms with Crippen LogP contribution in [0.5, 0.6) is 0 Å². The second-order valence-corrected chi connectivity index (χ2v) is 7.91. The number of para-hydroxylation sites is 1. The summed E-state index contributed by atoms with van der Waals surface area (Å²) in [4.78, 5) is 13.7. The number of benzene rings is 2. The van der Waals surface area contributed by atoms with Crippen molar-refractivity contribution in [3.8, 4) is 27.8 Å². The number of amides is 1. The fraction of sp³-hybridized carbons (Fsp3) is 0.0417. The molecule has 0 bridgehead atoms. The summed E-state index contributed by atoms with van der Waals surface area (Å²) >= 11 is 7.25. The minimum Gasteiger partial charge on any atom is -0.325 e. The molecular formula is C24H17N3OS2. The van der Waals surface area contributed by atoms with Crippen LogP contribution in [0, 0.1) is 16.0 Å². The number of thiophene rings is 1. The van der Waals surface area contributed by atoms with Crippen molar-refractivity contribution in [3.63, 3.8) is 0 Å². The Hall–Kier alpha value is -3.53. The van der Waals surface area contributed by atoms with Gasteiger partial charge < -0.3 is 9.88 Å². The van der Waals surface area contributed by atoms with Crippen molar-refractivity contribution in [2.24, 2.45) is 0 Å². The Labute approximate surface area is 183 Å². The number of hydrogen-bond acceptors (Lipinski definition) is 4. The standard InChI is InChI=1S/C24H17N3OS2/c25-15-20-19(17-8-3-1-4-9-17)14-21(22-12-7-13-30-22)27(24(20)29)16-23(28)26-18-10-5-2-6-11-18/h1-14H,16H2,(H,26,28). The summed E-state index contributed by atoms with van der Waals surface area (Å²) in [5.74, 6) is -0.202. The average Bonchev–Trinajstić information content (AvgIpc) is 3.31. The van der Waals surface area contributed by atoms with Gasteiger partial charge in [0.2, 0.25) is 5.91 Å². The Balaban J connectivity index is 1.82. The molecule has 2 aromatic heterocycles. The molecule has 2 heterocycles. The van der Waals surface area contributed by atoms with Gasteiger partial charge in [0.25, 0.3) is 0 Å². The molecule has 0 fully saturated rings. The largest absolute Gasteiger partial charge is 0.325 e. The van der Waals surface area contributed by atoms with E-state index in [0.29, 0.717) is 15.9 Å². The second kappa shape index (κ2) is 8.87. The smallest absolute Gasteiger partial charge is 0.244 e. The maximum atomic E-state index is 12.8. The quantitative estimate of drug-likeness (QED) is 0.390. The average molecular weight is 428 g/mol. The minimum absolute atomic E-state index is 0.0186. The summed E-state index contributed by atoms with van der Waals surface area (Å²) in [6, 6.07) is 27.1. The van der Waals surface area contributed by atoms with Crippen molar-refractivity contribution in [2.45, 2.75) is 6.54 Å². The number of hydrogen-bond donors (Lipinski definition) is 1. The normalized spacial score (nSPS) is 10.4. The number of carbonyl (C=O) groups excluding carboxylic acids is 1. The van der Waals surface area contributed by atoms with Crippen LogP contribution in [-0.2, 0) is 11.3 Å². The molecule has 0 saturated heterocycles. The van der Waals surface area contributed by atoms with Gasteiger partial charge in [-0.3, -0.25) is 4.79 Å². The van der Waals surface area contributed by atoms with Crippen molar-refractivity contribution in [2.75, 3.05) is 5.32 Å². The molecule has 1 N–H and O–H groups in total. The number of pyridine rings is 1. The summed E-state index contributed by atoms with van der Waals surface area (Å²) in [5.41, 5.74) is 3.61. The van der Waals surface area contributed by atoms with E-state index in [-0.39, 0.29) is 12.5 Å². The predicted molar refractivity (Wildman–Crippen MR) is 124 cm³/mol. The van der Waals surface area contributed by atoms with Gasteiger partial charge in [-0.25, -0.2) is 0 Å². The molecule has 146 valence electrons. The maximum Gasteiger partial charge on any atom is 0.244 e. The Morgan fingerprint density at radius 1 is 1.03 bits per heavy atom. The molecule has 1 amide bonds. The molecular weight excluding hydrogens is 410 g/mol. The van der Waals surface area contributed by atoms with Crippen LogP contribution in [0.4, 0.5) is 5.69 Å². The second-order valence-electron chi connectivity index (χ2n) is 6.58. The number of rotatable bonds is 5. The Bertz CT molecular complexity index is 1270. The van der Waals surface area contributed by atoms with Crippen LogP contribution in [0.3, 0.4) is 0 Å². The summed E-state index contributed by atoms with van der Waals surface area (Å²) < 4.78 is 2.09. The molecule has 4 aromatic rings. The Kier molecular flexibility index (Phi) is 5.84. The van der Waals surface area contributed by atoms with Gasteiger partial charge in [0.05, 0.1) is 16.1 Å². The SMILES string of the molecule is N#Cc1c(-c2ccccc2)cc(-c2cccs2)n(CC(=O)Nc2ccccc2)c1=S. The highest BCUT2D eigenvalue weighted by Gasteiger charge is 2.17. The van der Waals surface area contributed by atoms with Crippen molar-refractivity contribution in [1.82, 2.24) is 4.57 Å². The molecule has 0 aliphatic rings. The summed E-state index contributed by atoms with van der Waals surface area (Å²) in [6.45, 7) is 0.0186. The molecule has 0 spiro atoms. The molecule has 6 heteroatoms. The van der Waals surface area contributed by atoms with Crippen molar-refractivity contribution in [1.29, 1.82) is 5.26 Å². The van der Waals surface area contributed by atoms with Gasteiger partial charge in [0, 0.05) is 11.3 Å². The number of nitrogens with zero attached hydrogens (tertiary/aromatic N) is 2. The minimum atomic E-state index is -0.202. The number of nitrogens with one attached hydrogen (secondary N) is 1. The van der Waals surface area contributed by atoms with Crippen molar-refractivity contribution in [3.05, 3.63) is 94.4 Å². The van der Waals surface area contributed by atoms with Crippen LogP contribution in [-0.4, -0.2) is 10.5 Å². The van der Waals surface area contributed by atoms with Crippen LogP contribution < -0.4 is 5.32 Å². The first-order valence-corrected chi connectivity index (χ1v) is 10.6. The summed E-state index contributed by atoms with van der Waals surface area (Å²) in [6.07, 6.45) is 0. The zero-order chi connectivity index (χ0) is 20.9. The third-order valence-electron chi connectivity index (χ3n) is 4.63. The van der Waals surface area contributed by atoms with Crippen LogP contribution >= 0.6 is 23.6 Å². The van der Waals surface area contributed by atoms with E-state index < -0.39 is 0 Å². The van der Waals surface area contributed by atoms with Gasteiger partial charge >= 0.3 is 0 Å². The lowest BCUT2D eigenvalue weighted by Crippen LogP contribution is -2.21. The lowest BCUT2D eigenvalue weighted by molar-refractivity contribution is -0.116. The molecule has 0 aliphatic heterocycles. The topological polar surface area (TPSA) is 57.8 Å². The fourth-order valence-electron chi connectivity index (χ4n) is 3.25. The van der Waals surface area contributed by atoms with Crippen molar-refractivity contribution >= 4 is 35.1 Å². The zero-order valence-electron chi connectivity index (χ0n) is 15.9. The van der Waals surface area contributed by atoms with E-state index in [4.69, 9.17) is 12.2 Å². The number of anilines is 1. The van der Waals surface area contributed by atoms with E-state index in [1.54, 1.807) is 15.9 Å². The molecule has 0 unspecified atom stereocenters. The molecule has 4 nitrogen and oxygen atoms in total. The lowest BCUT2D eigenvalue weighted by Gasteiger charge is -2.17. The van der Waals surface area contributed by atoms with Crippen molar-refractivity contribution < 1.29 is 4.79 Å². The maximum absolute atomic E-state index is 12.8. The van der Waals surface area contributed by atoms with Crippen LogP contribution in [0.15, 0.2) is 84.2 Å². The molecule has 0 radical (unpaired) electrons. The van der Waals surface area contributed by atoms with Gasteiger partial charge in [-0.15, -0.1) is 11.3 Å². The first-order chi connectivity index (χ1) is 14.7. The van der Waals surface area contributed by atoms with Crippen LogP contribution in [0.25, 0.3) is 21.7 Å². The molecule has 0 aliphatic carbocycles. The van der Waals surface area contributed by atoms with Gasteiger partial charge in [-0.05, 0) is 35.2 Å². The fourth-order valence-corrected chi connectivity index (χ4v) is 4.32. The first-order valence-electron chi connectivity index (χ1n) is 9.29. The highest BCUT2D eigenvalue weighted by Crippen LogP contribution is 2.33. The van der Waals surface area contributed by atoms with Gasteiger partial charge in [-0.1, -0.05) is 66.8 Å². The first kappa shape index (κ1) is 19.8. The molecule has 0 saturated carbocycles. The lowest BCUT2D eigenvalue weighted by atomic mass is 10.0. The van der Waals surface area contributed by atoms with Crippen LogP contribution in [0.2, 0.25) is 0 Å². The highest BCUT2D eigenvalue weighted by molar-refractivity contribution is 7.71. The van der Waals surface area contributed by atoms with E-state index in [9.17, 15) is 10.1 Å². The van der Waals surface area contributed by atoms with E-state index >= 15 is 0 Å². The third-order valence-corrected chi connectivity index (χ3v) is 5.95. The van der Waals surface area contributed by atoms with E-state index in [0.717, 1.165) is 21.7 Å². The van der Waals surface area contributed by atoms with E-state index in [1.807, 2.05) is 84.2 Å². The summed E-state index contributed by atoms with van der Waals surface area (Å²) in [7, 11) is 0. The number of nitriles is 1. The third kappa shape index (κ3) is 4.08. The monoisotopic (exact) mass is 427 g/mol. The molecule has 4 rings (SSSR count). The van der Waals surface area contributed by atoms with Crippen LogP contribution in [0.1, 0.15) is 5.56 Å². The van der Waals surface area contributed by atoms with Gasteiger partial charge in [0.1, 0.15) is 17.3 Å². The number of carbonyl (C=O) groups is 1. The van der Waals surface area contributed by atoms with Gasteiger partial charge in [0.15, 0.2) is 0 Å². The highest BCUT2D eigenvalue weighted by atomic mass is 32.1. The van der Waals surface area contributed by atoms with E-state index in [1.165, 1.54) is 0 Å². The number of aromatic nitrogens is 1.